The Bertz CT molecular complexity index is 344. The van der Waals surface area contributed by atoms with Crippen molar-refractivity contribution in [3.8, 4) is 0 Å². The Hall–Kier alpha value is -1.18. The quantitative estimate of drug-likeness (QED) is 0.681. The third kappa shape index (κ3) is 4.43. The lowest BCUT2D eigenvalue weighted by Crippen LogP contribution is -2.54. The van der Waals surface area contributed by atoms with Crippen LogP contribution < -0.4 is 5.32 Å². The molecule has 0 unspecified atom stereocenters. The molecule has 1 amide bonds. The summed E-state index contributed by atoms with van der Waals surface area (Å²) < 4.78 is 10.8. The molecular formula is C13H22N2O5. The first-order valence-electron chi connectivity index (χ1n) is 7.07. The summed E-state index contributed by atoms with van der Waals surface area (Å²) in [5.41, 5.74) is 0. The van der Waals surface area contributed by atoms with Crippen LogP contribution in [-0.2, 0) is 19.1 Å². The van der Waals surface area contributed by atoms with Gasteiger partial charge in [0.15, 0.2) is 0 Å². The van der Waals surface area contributed by atoms with Crippen molar-refractivity contribution in [2.24, 2.45) is 0 Å². The third-order valence-corrected chi connectivity index (χ3v) is 3.71. The van der Waals surface area contributed by atoms with Gasteiger partial charge in [0.2, 0.25) is 5.91 Å². The second-order valence-corrected chi connectivity index (χ2v) is 5.17. The van der Waals surface area contributed by atoms with Crippen LogP contribution in [0.1, 0.15) is 19.3 Å². The zero-order valence-electron chi connectivity index (χ0n) is 11.5. The number of morpholine rings is 1. The number of carbonyl (C=O) groups excluding carboxylic acids is 1. The molecule has 2 aliphatic rings. The maximum Gasteiger partial charge on any atom is 0.303 e. The summed E-state index contributed by atoms with van der Waals surface area (Å²) in [6, 6.07) is 0.188. The summed E-state index contributed by atoms with van der Waals surface area (Å²) in [4.78, 5) is 24.5. The molecule has 0 aromatic rings. The van der Waals surface area contributed by atoms with Crippen molar-refractivity contribution < 1.29 is 24.2 Å². The molecule has 114 valence electrons. The van der Waals surface area contributed by atoms with Crippen LogP contribution in [0.15, 0.2) is 0 Å². The van der Waals surface area contributed by atoms with E-state index in [0.717, 1.165) is 26.3 Å². The van der Waals surface area contributed by atoms with Crippen LogP contribution in [0.5, 0.6) is 0 Å². The molecule has 0 radical (unpaired) electrons. The molecule has 0 saturated carbocycles. The average molecular weight is 286 g/mol. The molecule has 7 nitrogen and oxygen atoms in total. The molecule has 2 N–H and O–H groups in total. The van der Waals surface area contributed by atoms with Crippen LogP contribution in [0.2, 0.25) is 0 Å². The van der Waals surface area contributed by atoms with E-state index in [-0.39, 0.29) is 30.8 Å². The molecule has 2 atom stereocenters. The van der Waals surface area contributed by atoms with Crippen LogP contribution in [0.4, 0.5) is 0 Å². The monoisotopic (exact) mass is 286 g/mol. The average Bonchev–Trinajstić information content (AvgIpc) is 2.87. The Morgan fingerprint density at radius 3 is 2.60 bits per heavy atom. The van der Waals surface area contributed by atoms with E-state index in [9.17, 15) is 9.59 Å². The van der Waals surface area contributed by atoms with Gasteiger partial charge in [-0.2, -0.15) is 0 Å². The van der Waals surface area contributed by atoms with Gasteiger partial charge in [0, 0.05) is 25.9 Å². The highest BCUT2D eigenvalue weighted by molar-refractivity contribution is 5.77. The van der Waals surface area contributed by atoms with Crippen molar-refractivity contribution in [2.45, 2.75) is 31.3 Å². The van der Waals surface area contributed by atoms with E-state index in [4.69, 9.17) is 14.6 Å². The van der Waals surface area contributed by atoms with E-state index in [1.54, 1.807) is 0 Å². The smallest absolute Gasteiger partial charge is 0.303 e. The summed E-state index contributed by atoms with van der Waals surface area (Å²) in [5, 5.41) is 11.5. The molecule has 2 aliphatic heterocycles. The van der Waals surface area contributed by atoms with Crippen molar-refractivity contribution in [2.75, 3.05) is 39.5 Å². The van der Waals surface area contributed by atoms with E-state index < -0.39 is 5.97 Å². The van der Waals surface area contributed by atoms with E-state index in [1.165, 1.54) is 0 Å². The Morgan fingerprint density at radius 2 is 1.90 bits per heavy atom. The molecule has 2 fully saturated rings. The summed E-state index contributed by atoms with van der Waals surface area (Å²) in [6.07, 6.45) is 0.650. The number of hydrogen-bond donors (Lipinski definition) is 2. The molecule has 2 saturated heterocycles. The van der Waals surface area contributed by atoms with Crippen LogP contribution >= 0.6 is 0 Å². The Labute approximate surface area is 118 Å². The zero-order valence-corrected chi connectivity index (χ0v) is 11.5. The maximum absolute atomic E-state index is 11.8. The number of amides is 1. The molecule has 7 heteroatoms. The topological polar surface area (TPSA) is 88.1 Å². The standard InChI is InChI=1S/C13H22N2O5/c16-12(2-1-3-13(17)18)14-10-8-20-9-11(10)15-4-6-19-7-5-15/h10-11H,1-9H2,(H,14,16)(H,17,18)/t10-,11-/m0/s1. The predicted octanol–water partition coefficient (Wildman–Crippen LogP) is -0.543. The summed E-state index contributed by atoms with van der Waals surface area (Å²) in [7, 11) is 0. The lowest BCUT2D eigenvalue weighted by molar-refractivity contribution is -0.137. The van der Waals surface area contributed by atoms with Gasteiger partial charge in [-0.15, -0.1) is 0 Å². The highest BCUT2D eigenvalue weighted by Gasteiger charge is 2.34. The number of carboxylic acid groups (broad SMARTS) is 1. The van der Waals surface area contributed by atoms with Crippen LogP contribution in [0, 0.1) is 0 Å². The van der Waals surface area contributed by atoms with Crippen molar-refractivity contribution in [3.05, 3.63) is 0 Å². The van der Waals surface area contributed by atoms with Gasteiger partial charge in [-0.05, 0) is 6.42 Å². The molecule has 0 spiro atoms. The fourth-order valence-electron chi connectivity index (χ4n) is 2.63. The molecule has 0 aromatic carbocycles. The van der Waals surface area contributed by atoms with E-state index >= 15 is 0 Å². The Kier molecular flexibility index (Phi) is 5.75. The van der Waals surface area contributed by atoms with Gasteiger partial charge in [0.05, 0.1) is 38.5 Å². The highest BCUT2D eigenvalue weighted by atomic mass is 16.5. The van der Waals surface area contributed by atoms with Crippen molar-refractivity contribution >= 4 is 11.9 Å². The third-order valence-electron chi connectivity index (χ3n) is 3.71. The lowest BCUT2D eigenvalue weighted by atomic mass is 10.1. The first-order valence-corrected chi connectivity index (χ1v) is 7.07. The second kappa shape index (κ2) is 7.56. The van der Waals surface area contributed by atoms with Crippen molar-refractivity contribution in [3.63, 3.8) is 0 Å². The maximum atomic E-state index is 11.8. The Balaban J connectivity index is 1.75. The molecule has 20 heavy (non-hydrogen) atoms. The zero-order chi connectivity index (χ0) is 14.4. The van der Waals surface area contributed by atoms with Gasteiger partial charge in [0.1, 0.15) is 0 Å². The summed E-state index contributed by atoms with van der Waals surface area (Å²) in [6.45, 7) is 4.30. The molecule has 2 rings (SSSR count). The number of ether oxygens (including phenoxy) is 2. The number of carbonyl (C=O) groups is 2. The molecule has 0 bridgehead atoms. The number of aliphatic carboxylic acids is 1. The number of hydrogen-bond acceptors (Lipinski definition) is 5. The normalized spacial score (nSPS) is 27.4. The van der Waals surface area contributed by atoms with Gasteiger partial charge in [-0.25, -0.2) is 0 Å². The minimum atomic E-state index is -0.867. The van der Waals surface area contributed by atoms with E-state index in [0.29, 0.717) is 19.6 Å². The molecule has 0 aliphatic carbocycles. The van der Waals surface area contributed by atoms with Gasteiger partial charge in [-0.1, -0.05) is 0 Å². The highest BCUT2D eigenvalue weighted by Crippen LogP contribution is 2.15. The summed E-state index contributed by atoms with van der Waals surface area (Å²) in [5.74, 6) is -0.965. The van der Waals surface area contributed by atoms with Crippen LogP contribution in [0.3, 0.4) is 0 Å². The molecule has 2 heterocycles. The molecular weight excluding hydrogens is 264 g/mol. The predicted molar refractivity (Wildman–Crippen MR) is 70.4 cm³/mol. The van der Waals surface area contributed by atoms with Gasteiger partial charge in [0.25, 0.3) is 0 Å². The fourth-order valence-corrected chi connectivity index (χ4v) is 2.63. The Morgan fingerprint density at radius 1 is 1.15 bits per heavy atom. The molecule has 0 aromatic heterocycles. The first-order chi connectivity index (χ1) is 9.66. The van der Waals surface area contributed by atoms with E-state index in [2.05, 4.69) is 10.2 Å². The fraction of sp³-hybridized carbons (Fsp3) is 0.846. The second-order valence-electron chi connectivity index (χ2n) is 5.17. The van der Waals surface area contributed by atoms with Gasteiger partial charge in [-0.3, -0.25) is 14.5 Å². The number of carboxylic acids is 1. The summed E-state index contributed by atoms with van der Waals surface area (Å²) >= 11 is 0. The SMILES string of the molecule is O=C(O)CCCC(=O)N[C@H]1COC[C@@H]1N1CCOCC1. The van der Waals surface area contributed by atoms with Crippen LogP contribution in [-0.4, -0.2) is 73.5 Å². The minimum absolute atomic E-state index is 0.00886. The number of rotatable bonds is 6. The van der Waals surface area contributed by atoms with Gasteiger partial charge >= 0.3 is 5.97 Å². The van der Waals surface area contributed by atoms with Crippen molar-refractivity contribution in [1.29, 1.82) is 0 Å². The minimum Gasteiger partial charge on any atom is -0.481 e. The van der Waals surface area contributed by atoms with Crippen LogP contribution in [0.25, 0.3) is 0 Å². The largest absolute Gasteiger partial charge is 0.481 e. The van der Waals surface area contributed by atoms with E-state index in [1.807, 2.05) is 0 Å². The lowest BCUT2D eigenvalue weighted by Gasteiger charge is -2.34. The first kappa shape index (κ1) is 15.2. The number of nitrogens with one attached hydrogen (secondary N) is 1. The number of nitrogens with zero attached hydrogens (tertiary/aromatic N) is 1. The van der Waals surface area contributed by atoms with Gasteiger partial charge < -0.3 is 19.9 Å². The van der Waals surface area contributed by atoms with Crippen molar-refractivity contribution in [1.82, 2.24) is 10.2 Å².